The van der Waals surface area contributed by atoms with Gasteiger partial charge in [-0.1, -0.05) is 33.8 Å². The molecule has 1 aliphatic rings. The molecule has 0 heterocycles. The molecule has 0 atom stereocenters. The number of hydrogen-bond donors (Lipinski definition) is 0. The lowest BCUT2D eigenvalue weighted by molar-refractivity contribution is 0.112. The van der Waals surface area contributed by atoms with Crippen molar-refractivity contribution in [3.63, 3.8) is 0 Å². The van der Waals surface area contributed by atoms with Crippen LogP contribution in [-0.2, 0) is 20.7 Å². The maximum Gasteiger partial charge on any atom is 0.168 e. The molecule has 1 aliphatic carbocycles. The maximum atomic E-state index is 11.4. The number of hydrogen-bond acceptors (Lipinski definition) is 3. The first-order valence-electron chi connectivity index (χ1n) is 7.49. The van der Waals surface area contributed by atoms with E-state index in [4.69, 9.17) is 0 Å². The van der Waals surface area contributed by atoms with Gasteiger partial charge in [-0.05, 0) is 52.5 Å². The summed E-state index contributed by atoms with van der Waals surface area (Å²) in [4.78, 5) is 11.4. The molecule has 2 rings (SSSR count). The molecule has 0 unspecified atom stereocenters. The predicted octanol–water partition coefficient (Wildman–Crippen LogP) is 3.86. The van der Waals surface area contributed by atoms with E-state index in [0.717, 1.165) is 30.8 Å². The molecular formula is C18H24O3S. The molecular weight excluding hydrogens is 296 g/mol. The number of sulfone groups is 1. The zero-order chi connectivity index (χ0) is 16.8. The van der Waals surface area contributed by atoms with Crippen LogP contribution >= 0.6 is 0 Å². The molecule has 0 bridgehead atoms. The van der Waals surface area contributed by atoms with Crippen LogP contribution in [0.4, 0.5) is 0 Å². The molecule has 0 saturated carbocycles. The summed E-state index contributed by atoms with van der Waals surface area (Å²) in [7, 11) is -3.22. The molecule has 22 heavy (non-hydrogen) atoms. The van der Waals surface area contributed by atoms with Crippen molar-refractivity contribution in [2.24, 2.45) is 0 Å². The lowest BCUT2D eigenvalue weighted by atomic mass is 9.62. The molecule has 0 aromatic heterocycles. The number of carbonyl (C=O) groups is 1. The molecule has 1 aromatic rings. The van der Waals surface area contributed by atoms with Gasteiger partial charge < -0.3 is 0 Å². The number of rotatable bonds is 3. The van der Waals surface area contributed by atoms with E-state index in [0.29, 0.717) is 11.1 Å². The quantitative estimate of drug-likeness (QED) is 0.795. The van der Waals surface area contributed by atoms with Gasteiger partial charge >= 0.3 is 0 Å². The Balaban J connectivity index is 2.69. The Bertz CT molecular complexity index is 738. The fraction of sp³-hybridized carbons (Fsp3) is 0.500. The Morgan fingerprint density at radius 2 is 1.41 bits per heavy atom. The van der Waals surface area contributed by atoms with Gasteiger partial charge in [0.2, 0.25) is 0 Å². The van der Waals surface area contributed by atoms with E-state index < -0.39 is 9.84 Å². The second-order valence-electron chi connectivity index (χ2n) is 7.54. The summed E-state index contributed by atoms with van der Waals surface area (Å²) >= 11 is 0. The highest BCUT2D eigenvalue weighted by Gasteiger charge is 2.37. The van der Waals surface area contributed by atoms with Crippen LogP contribution in [0.25, 0.3) is 6.08 Å². The highest BCUT2D eigenvalue weighted by molar-refractivity contribution is 7.93. The van der Waals surface area contributed by atoms with Gasteiger partial charge in [0, 0.05) is 17.2 Å². The lowest BCUT2D eigenvalue weighted by Crippen LogP contribution is -2.34. The Morgan fingerprint density at radius 1 is 0.955 bits per heavy atom. The second-order valence-corrected chi connectivity index (χ2v) is 9.48. The van der Waals surface area contributed by atoms with E-state index in [1.165, 1.54) is 17.2 Å². The molecule has 0 N–H and O–H groups in total. The molecule has 0 radical (unpaired) electrons. The first-order chi connectivity index (χ1) is 9.96. The zero-order valence-electron chi connectivity index (χ0n) is 13.9. The van der Waals surface area contributed by atoms with Crippen molar-refractivity contribution in [2.75, 3.05) is 6.26 Å². The topological polar surface area (TPSA) is 51.2 Å². The van der Waals surface area contributed by atoms with E-state index >= 15 is 0 Å². The highest BCUT2D eigenvalue weighted by atomic mass is 32.2. The monoisotopic (exact) mass is 320 g/mol. The Hall–Kier alpha value is -1.42. The van der Waals surface area contributed by atoms with Crippen molar-refractivity contribution in [1.82, 2.24) is 0 Å². The number of fused-ring (bicyclic) bond motifs is 1. The van der Waals surface area contributed by atoms with E-state index in [2.05, 4.69) is 27.7 Å². The fourth-order valence-corrected chi connectivity index (χ4v) is 3.48. The molecule has 1 aromatic carbocycles. The molecule has 120 valence electrons. The molecule has 0 spiro atoms. The Labute approximate surface area is 133 Å². The number of carbonyl (C=O) groups excluding carboxylic acids is 1. The predicted molar refractivity (Wildman–Crippen MR) is 91.0 cm³/mol. The summed E-state index contributed by atoms with van der Waals surface area (Å²) in [5, 5.41) is 1.16. The molecule has 3 nitrogen and oxygen atoms in total. The van der Waals surface area contributed by atoms with Crippen LogP contribution in [0.2, 0.25) is 0 Å². The molecule has 0 saturated heterocycles. The van der Waals surface area contributed by atoms with E-state index in [-0.39, 0.29) is 10.8 Å². The third-order valence-electron chi connectivity index (χ3n) is 4.68. The molecule has 4 heteroatoms. The van der Waals surface area contributed by atoms with Gasteiger partial charge in [0.05, 0.1) is 0 Å². The van der Waals surface area contributed by atoms with Gasteiger partial charge in [-0.15, -0.1) is 0 Å². The van der Waals surface area contributed by atoms with Crippen molar-refractivity contribution in [2.45, 2.75) is 51.4 Å². The SMILES string of the molecule is CC1(C)CCC(C)(C)c2cc(/C=C/S(C)(=O)=O)c(C=O)cc21. The zero-order valence-corrected chi connectivity index (χ0v) is 14.8. The van der Waals surface area contributed by atoms with E-state index in [1.807, 2.05) is 12.1 Å². The molecule has 0 aliphatic heterocycles. The lowest BCUT2D eigenvalue weighted by Gasteiger charge is -2.42. The summed E-state index contributed by atoms with van der Waals surface area (Å²) in [5.74, 6) is 0. The van der Waals surface area contributed by atoms with Crippen molar-refractivity contribution in [1.29, 1.82) is 0 Å². The Kier molecular flexibility index (Phi) is 4.11. The first-order valence-corrected chi connectivity index (χ1v) is 9.44. The van der Waals surface area contributed by atoms with Crippen molar-refractivity contribution >= 4 is 22.2 Å². The van der Waals surface area contributed by atoms with Gasteiger partial charge in [-0.3, -0.25) is 4.79 Å². The summed E-state index contributed by atoms with van der Waals surface area (Å²) in [6.07, 6.45) is 5.62. The summed E-state index contributed by atoms with van der Waals surface area (Å²) in [6, 6.07) is 3.92. The van der Waals surface area contributed by atoms with Crippen LogP contribution in [-0.4, -0.2) is 21.0 Å². The fourth-order valence-electron chi connectivity index (χ4n) is 3.09. The molecule has 0 amide bonds. The van der Waals surface area contributed by atoms with Crippen LogP contribution in [0, 0.1) is 0 Å². The third kappa shape index (κ3) is 3.32. The molecule has 0 fully saturated rings. The normalized spacial score (nSPS) is 19.9. The van der Waals surface area contributed by atoms with Crippen LogP contribution in [0.15, 0.2) is 17.5 Å². The minimum Gasteiger partial charge on any atom is -0.298 e. The minimum atomic E-state index is -3.22. The van der Waals surface area contributed by atoms with Crippen molar-refractivity contribution in [3.05, 3.63) is 39.8 Å². The maximum absolute atomic E-state index is 11.4. The van der Waals surface area contributed by atoms with Gasteiger partial charge in [-0.2, -0.15) is 0 Å². The Morgan fingerprint density at radius 3 is 1.82 bits per heavy atom. The first kappa shape index (κ1) is 16.9. The van der Waals surface area contributed by atoms with Gasteiger partial charge in [0.15, 0.2) is 16.1 Å². The van der Waals surface area contributed by atoms with Crippen LogP contribution in [0.1, 0.15) is 67.6 Å². The summed E-state index contributed by atoms with van der Waals surface area (Å²) < 4.78 is 22.7. The van der Waals surface area contributed by atoms with Gasteiger partial charge in [-0.25, -0.2) is 8.42 Å². The van der Waals surface area contributed by atoms with Gasteiger partial charge in [0.1, 0.15) is 0 Å². The minimum absolute atomic E-state index is 0.0277. The summed E-state index contributed by atoms with van der Waals surface area (Å²) in [5.41, 5.74) is 3.68. The summed E-state index contributed by atoms with van der Waals surface area (Å²) in [6.45, 7) is 8.79. The van der Waals surface area contributed by atoms with Gasteiger partial charge in [0.25, 0.3) is 0 Å². The average Bonchev–Trinajstić information content (AvgIpc) is 2.40. The number of aldehydes is 1. The van der Waals surface area contributed by atoms with E-state index in [9.17, 15) is 13.2 Å². The standard InChI is InChI=1S/C18H24O3S/c1-17(2)7-8-18(3,4)16-11-14(12-19)13(10-15(16)17)6-9-22(5,20)21/h6,9-12H,7-8H2,1-5H3/b9-6+. The average molecular weight is 320 g/mol. The van der Waals surface area contributed by atoms with Crippen LogP contribution < -0.4 is 0 Å². The third-order valence-corrected chi connectivity index (χ3v) is 5.31. The van der Waals surface area contributed by atoms with Crippen LogP contribution in [0.5, 0.6) is 0 Å². The highest BCUT2D eigenvalue weighted by Crippen LogP contribution is 2.46. The largest absolute Gasteiger partial charge is 0.298 e. The van der Waals surface area contributed by atoms with Crippen molar-refractivity contribution in [3.8, 4) is 0 Å². The smallest absolute Gasteiger partial charge is 0.168 e. The van der Waals surface area contributed by atoms with Crippen LogP contribution in [0.3, 0.4) is 0 Å². The van der Waals surface area contributed by atoms with Crippen molar-refractivity contribution < 1.29 is 13.2 Å². The second kappa shape index (κ2) is 5.34. The van der Waals surface area contributed by atoms with E-state index in [1.54, 1.807) is 0 Å². The number of benzene rings is 1.